The van der Waals surface area contributed by atoms with Crippen LogP contribution in [-0.4, -0.2) is 42.9 Å². The molecule has 5 nitrogen and oxygen atoms in total. The summed E-state index contributed by atoms with van der Waals surface area (Å²) >= 11 is 0. The zero-order valence-electron chi connectivity index (χ0n) is 14.4. The summed E-state index contributed by atoms with van der Waals surface area (Å²) in [6.45, 7) is 3.85. The summed E-state index contributed by atoms with van der Waals surface area (Å²) in [6, 6.07) is 7.38. The van der Waals surface area contributed by atoms with Crippen LogP contribution in [0.1, 0.15) is 36.0 Å². The number of rotatable bonds is 3. The molecular formula is C19H26ClN3O2. The van der Waals surface area contributed by atoms with E-state index in [2.05, 4.69) is 10.6 Å². The molecule has 0 spiro atoms. The van der Waals surface area contributed by atoms with E-state index in [4.69, 9.17) is 0 Å². The van der Waals surface area contributed by atoms with Crippen molar-refractivity contribution in [3.05, 3.63) is 29.8 Å². The lowest BCUT2D eigenvalue weighted by atomic mass is 9.92. The molecule has 1 aromatic carbocycles. The number of fused-ring (bicyclic) bond motifs is 1. The van der Waals surface area contributed by atoms with Crippen LogP contribution in [0.4, 0.5) is 5.69 Å². The van der Waals surface area contributed by atoms with Crippen LogP contribution < -0.4 is 10.6 Å². The normalized spacial score (nSPS) is 25.5. The number of carbonyl (C=O) groups is 2. The lowest BCUT2D eigenvalue weighted by Gasteiger charge is -2.21. The van der Waals surface area contributed by atoms with Gasteiger partial charge in [-0.3, -0.25) is 9.59 Å². The first kappa shape index (κ1) is 18.2. The van der Waals surface area contributed by atoms with Crippen molar-refractivity contribution in [3.8, 4) is 0 Å². The van der Waals surface area contributed by atoms with Crippen molar-refractivity contribution >= 4 is 29.9 Å². The lowest BCUT2D eigenvalue weighted by molar-refractivity contribution is -0.117. The number of benzene rings is 1. The van der Waals surface area contributed by atoms with Gasteiger partial charge >= 0.3 is 0 Å². The van der Waals surface area contributed by atoms with E-state index in [1.54, 1.807) is 0 Å². The average molecular weight is 364 g/mol. The van der Waals surface area contributed by atoms with Gasteiger partial charge in [0.15, 0.2) is 0 Å². The number of likely N-dealkylation sites (tertiary alicyclic amines) is 1. The first-order chi connectivity index (χ1) is 11.7. The summed E-state index contributed by atoms with van der Waals surface area (Å²) in [5, 5.41) is 6.39. The first-order valence-corrected chi connectivity index (χ1v) is 9.11. The van der Waals surface area contributed by atoms with Crippen LogP contribution in [0.3, 0.4) is 0 Å². The third-order valence-corrected chi connectivity index (χ3v) is 5.63. The van der Waals surface area contributed by atoms with Crippen LogP contribution in [-0.2, 0) is 4.79 Å². The zero-order chi connectivity index (χ0) is 16.5. The number of anilines is 1. The summed E-state index contributed by atoms with van der Waals surface area (Å²) in [5.41, 5.74) is 1.41. The van der Waals surface area contributed by atoms with Crippen molar-refractivity contribution < 1.29 is 9.59 Å². The maximum atomic E-state index is 12.9. The van der Waals surface area contributed by atoms with E-state index in [9.17, 15) is 9.59 Å². The van der Waals surface area contributed by atoms with Crippen molar-refractivity contribution in [2.75, 3.05) is 31.5 Å². The van der Waals surface area contributed by atoms with Gasteiger partial charge in [0.1, 0.15) is 0 Å². The minimum atomic E-state index is 0. The highest BCUT2D eigenvalue weighted by molar-refractivity contribution is 5.98. The fraction of sp³-hybridized carbons (Fsp3) is 0.579. The number of carbonyl (C=O) groups excluding carboxylic acids is 2. The van der Waals surface area contributed by atoms with E-state index < -0.39 is 0 Å². The van der Waals surface area contributed by atoms with Gasteiger partial charge in [-0.2, -0.15) is 0 Å². The summed E-state index contributed by atoms with van der Waals surface area (Å²) in [4.78, 5) is 26.7. The molecule has 2 atom stereocenters. The van der Waals surface area contributed by atoms with E-state index in [1.807, 2.05) is 29.2 Å². The minimum absolute atomic E-state index is 0. The third-order valence-electron chi connectivity index (χ3n) is 5.63. The molecular weight excluding hydrogens is 338 g/mol. The van der Waals surface area contributed by atoms with Crippen LogP contribution in [0.25, 0.3) is 0 Å². The molecule has 2 heterocycles. The summed E-state index contributed by atoms with van der Waals surface area (Å²) in [7, 11) is 0. The van der Waals surface area contributed by atoms with Crippen LogP contribution in [0.2, 0.25) is 0 Å². The summed E-state index contributed by atoms with van der Waals surface area (Å²) in [5.74, 6) is 1.77. The predicted octanol–water partition coefficient (Wildman–Crippen LogP) is 2.53. The van der Waals surface area contributed by atoms with Crippen molar-refractivity contribution in [2.45, 2.75) is 25.7 Å². The van der Waals surface area contributed by atoms with Crippen LogP contribution in [0.15, 0.2) is 24.3 Å². The SMILES string of the molecule is Cl.O=C(Nc1cccc(C(=O)N2CC[C@@H]3CNC[C@@H]3CC2)c1)C1CC1. The Kier molecular flexibility index (Phi) is 5.64. The Morgan fingerprint density at radius 3 is 2.36 bits per heavy atom. The van der Waals surface area contributed by atoms with Gasteiger partial charge in [-0.25, -0.2) is 0 Å². The topological polar surface area (TPSA) is 61.4 Å². The average Bonchev–Trinajstić information content (AvgIpc) is 3.38. The lowest BCUT2D eigenvalue weighted by Crippen LogP contribution is -2.32. The summed E-state index contributed by atoms with van der Waals surface area (Å²) in [6.07, 6.45) is 4.13. The third kappa shape index (κ3) is 4.15. The second-order valence-electron chi connectivity index (χ2n) is 7.39. The molecule has 6 heteroatoms. The molecule has 1 saturated carbocycles. The zero-order valence-corrected chi connectivity index (χ0v) is 15.2. The van der Waals surface area contributed by atoms with Gasteiger partial charge in [-0.1, -0.05) is 6.07 Å². The quantitative estimate of drug-likeness (QED) is 0.867. The van der Waals surface area contributed by atoms with Crippen LogP contribution in [0.5, 0.6) is 0 Å². The molecule has 1 aliphatic carbocycles. The van der Waals surface area contributed by atoms with Gasteiger partial charge < -0.3 is 15.5 Å². The van der Waals surface area contributed by atoms with Crippen molar-refractivity contribution in [1.82, 2.24) is 10.2 Å². The molecule has 0 radical (unpaired) electrons. The number of hydrogen-bond acceptors (Lipinski definition) is 3. The highest BCUT2D eigenvalue weighted by atomic mass is 35.5. The minimum Gasteiger partial charge on any atom is -0.339 e. The van der Waals surface area contributed by atoms with E-state index in [-0.39, 0.29) is 30.1 Å². The molecule has 2 amide bonds. The largest absolute Gasteiger partial charge is 0.339 e. The Bertz CT molecular complexity index is 633. The van der Waals surface area contributed by atoms with Gasteiger partial charge in [-0.05, 0) is 68.8 Å². The van der Waals surface area contributed by atoms with Crippen molar-refractivity contribution in [3.63, 3.8) is 0 Å². The summed E-state index contributed by atoms with van der Waals surface area (Å²) < 4.78 is 0. The molecule has 3 fully saturated rings. The Morgan fingerprint density at radius 1 is 1.04 bits per heavy atom. The molecule has 2 aliphatic heterocycles. The molecule has 4 rings (SSSR count). The smallest absolute Gasteiger partial charge is 0.253 e. The molecule has 2 N–H and O–H groups in total. The van der Waals surface area contributed by atoms with Gasteiger partial charge in [0.2, 0.25) is 5.91 Å². The van der Waals surface area contributed by atoms with Gasteiger partial charge in [-0.15, -0.1) is 12.4 Å². The van der Waals surface area contributed by atoms with Gasteiger partial charge in [0.05, 0.1) is 0 Å². The number of halogens is 1. The molecule has 0 aromatic heterocycles. The standard InChI is InChI=1S/C19H25N3O2.ClH/c23-18(13-4-5-13)21-17-3-1-2-14(10-17)19(24)22-8-6-15-11-20-12-16(15)7-9-22;/h1-3,10,13,15-16,20H,4-9,11-12H2,(H,21,23);1H/t15-,16+;. The van der Waals surface area contributed by atoms with E-state index in [0.717, 1.165) is 57.5 Å². The Morgan fingerprint density at radius 2 is 1.72 bits per heavy atom. The molecule has 2 saturated heterocycles. The Labute approximate surface area is 154 Å². The van der Waals surface area contributed by atoms with E-state index in [0.29, 0.717) is 17.4 Å². The Balaban J connectivity index is 0.00000182. The number of hydrogen-bond donors (Lipinski definition) is 2. The molecule has 0 unspecified atom stereocenters. The molecule has 1 aromatic rings. The fourth-order valence-electron chi connectivity index (χ4n) is 3.92. The fourth-order valence-corrected chi connectivity index (χ4v) is 3.92. The molecule has 25 heavy (non-hydrogen) atoms. The number of nitrogens with one attached hydrogen (secondary N) is 2. The highest BCUT2D eigenvalue weighted by Crippen LogP contribution is 2.30. The number of amides is 2. The van der Waals surface area contributed by atoms with E-state index >= 15 is 0 Å². The predicted molar refractivity (Wildman–Crippen MR) is 100 cm³/mol. The second kappa shape index (κ2) is 7.75. The van der Waals surface area contributed by atoms with Crippen molar-refractivity contribution in [1.29, 1.82) is 0 Å². The number of nitrogens with zero attached hydrogens (tertiary/aromatic N) is 1. The van der Waals surface area contributed by atoms with Gasteiger partial charge in [0, 0.05) is 30.3 Å². The molecule has 3 aliphatic rings. The first-order valence-electron chi connectivity index (χ1n) is 9.11. The van der Waals surface area contributed by atoms with E-state index in [1.165, 1.54) is 0 Å². The highest BCUT2D eigenvalue weighted by Gasteiger charge is 2.32. The maximum absolute atomic E-state index is 12.9. The molecule has 0 bridgehead atoms. The van der Waals surface area contributed by atoms with Gasteiger partial charge in [0.25, 0.3) is 5.91 Å². The van der Waals surface area contributed by atoms with Crippen LogP contribution >= 0.6 is 12.4 Å². The van der Waals surface area contributed by atoms with Crippen molar-refractivity contribution in [2.24, 2.45) is 17.8 Å². The maximum Gasteiger partial charge on any atom is 0.253 e. The Hall–Kier alpha value is -1.59. The second-order valence-corrected chi connectivity index (χ2v) is 7.39. The molecule has 136 valence electrons. The monoisotopic (exact) mass is 363 g/mol. The van der Waals surface area contributed by atoms with Crippen LogP contribution in [0, 0.1) is 17.8 Å².